The number of carbonyl (C=O) groups is 2. The summed E-state index contributed by atoms with van der Waals surface area (Å²) >= 11 is 1.03. The maximum absolute atomic E-state index is 11.5. The third kappa shape index (κ3) is 4.32. The van der Waals surface area contributed by atoms with E-state index in [0.29, 0.717) is 5.17 Å². The van der Waals surface area contributed by atoms with E-state index in [1.165, 1.54) is 0 Å². The van der Waals surface area contributed by atoms with Crippen molar-refractivity contribution in [1.29, 1.82) is 0 Å². The fourth-order valence-electron chi connectivity index (χ4n) is 1.55. The fourth-order valence-corrected chi connectivity index (χ4v) is 2.41. The monoisotopic (exact) mass is 307 g/mol. The van der Waals surface area contributed by atoms with Gasteiger partial charge in [-0.1, -0.05) is 11.8 Å². The summed E-state index contributed by atoms with van der Waals surface area (Å²) in [5.74, 6) is -0.723. The number of carbonyl (C=O) groups excluding carboxylic acids is 1. The van der Waals surface area contributed by atoms with Gasteiger partial charge in [-0.25, -0.2) is 10.4 Å². The van der Waals surface area contributed by atoms with Gasteiger partial charge in [0.25, 0.3) is 5.91 Å². The van der Waals surface area contributed by atoms with Gasteiger partial charge in [-0.05, 0) is 29.8 Å². The van der Waals surface area contributed by atoms with E-state index in [2.05, 4.69) is 15.5 Å². The largest absolute Gasteiger partial charge is 0.497 e. The summed E-state index contributed by atoms with van der Waals surface area (Å²) in [6.45, 7) is 0. The van der Waals surface area contributed by atoms with Crippen molar-refractivity contribution in [3.8, 4) is 5.75 Å². The number of amides is 1. The predicted octanol–water partition coefficient (Wildman–Crippen LogP) is 1.09. The molecule has 0 saturated heterocycles. The lowest BCUT2D eigenvalue weighted by Crippen LogP contribution is -2.35. The van der Waals surface area contributed by atoms with Crippen LogP contribution in [0.3, 0.4) is 0 Å². The quantitative estimate of drug-likeness (QED) is 0.811. The van der Waals surface area contributed by atoms with Crippen molar-refractivity contribution in [2.45, 2.75) is 11.7 Å². The van der Waals surface area contributed by atoms with E-state index < -0.39 is 17.1 Å². The topological polar surface area (TPSA) is 100 Å². The first-order chi connectivity index (χ1) is 10.1. The number of ether oxygens (including phenoxy) is 1. The maximum atomic E-state index is 11.5. The zero-order chi connectivity index (χ0) is 15.2. The molecule has 0 saturated carbocycles. The van der Waals surface area contributed by atoms with E-state index in [1.807, 2.05) is 12.1 Å². The molecule has 2 rings (SSSR count). The zero-order valence-electron chi connectivity index (χ0n) is 11.1. The standard InChI is InChI=1S/C13H13N3O4S/c1-20-9-4-2-8(3-5-9)7-14-13-16-15-12(19)10(21-13)6-11(17)18/h2-5,7,10H,6H2,1H3,(H,15,19)(H,17,18)/t10-/m0/s1. The number of nitrogens with zero attached hydrogens (tertiary/aromatic N) is 2. The number of aliphatic carboxylic acids is 1. The molecule has 0 bridgehead atoms. The first-order valence-electron chi connectivity index (χ1n) is 6.02. The Morgan fingerprint density at radius 2 is 2.24 bits per heavy atom. The summed E-state index contributed by atoms with van der Waals surface area (Å²) in [7, 11) is 1.59. The molecule has 0 spiro atoms. The minimum atomic E-state index is -1.04. The van der Waals surface area contributed by atoms with Crippen molar-refractivity contribution in [3.63, 3.8) is 0 Å². The van der Waals surface area contributed by atoms with Gasteiger partial charge in [0, 0.05) is 6.21 Å². The Kier molecular flexibility index (Phi) is 4.94. The molecular weight excluding hydrogens is 294 g/mol. The summed E-state index contributed by atoms with van der Waals surface area (Å²) < 4.78 is 5.05. The lowest BCUT2D eigenvalue weighted by Gasteiger charge is -2.16. The Bertz CT molecular complexity index is 598. The number of hydrogen-bond donors (Lipinski definition) is 2. The lowest BCUT2D eigenvalue weighted by molar-refractivity contribution is -0.138. The molecule has 2 N–H and O–H groups in total. The molecule has 0 fully saturated rings. The molecule has 110 valence electrons. The van der Waals surface area contributed by atoms with Gasteiger partial charge in [0.2, 0.25) is 5.17 Å². The highest BCUT2D eigenvalue weighted by Gasteiger charge is 2.27. The Hall–Kier alpha value is -2.35. The molecule has 0 aromatic heterocycles. The number of amidine groups is 1. The Morgan fingerprint density at radius 3 is 2.86 bits per heavy atom. The zero-order valence-corrected chi connectivity index (χ0v) is 12.0. The van der Waals surface area contributed by atoms with Crippen molar-refractivity contribution in [3.05, 3.63) is 29.8 Å². The highest BCUT2D eigenvalue weighted by atomic mass is 32.2. The van der Waals surface area contributed by atoms with E-state index in [1.54, 1.807) is 25.5 Å². The molecule has 7 nitrogen and oxygen atoms in total. The molecular formula is C13H13N3O4S. The number of methoxy groups -OCH3 is 1. The number of thioether (sulfide) groups is 1. The van der Waals surface area contributed by atoms with Gasteiger partial charge in [0.05, 0.1) is 13.5 Å². The van der Waals surface area contributed by atoms with Crippen molar-refractivity contribution >= 4 is 35.0 Å². The Balaban J connectivity index is 2.02. The average Bonchev–Trinajstić information content (AvgIpc) is 2.48. The molecule has 1 amide bonds. The molecule has 1 aliphatic rings. The normalized spacial score (nSPS) is 18.2. The van der Waals surface area contributed by atoms with Gasteiger partial charge in [-0.15, -0.1) is 5.10 Å². The van der Waals surface area contributed by atoms with Crippen LogP contribution in [0.5, 0.6) is 5.75 Å². The highest BCUT2D eigenvalue weighted by molar-refractivity contribution is 8.15. The van der Waals surface area contributed by atoms with E-state index in [4.69, 9.17) is 9.84 Å². The first kappa shape index (κ1) is 15.0. The number of carboxylic acid groups (broad SMARTS) is 1. The molecule has 1 heterocycles. The van der Waals surface area contributed by atoms with Crippen LogP contribution in [0.15, 0.2) is 34.4 Å². The van der Waals surface area contributed by atoms with Crippen molar-refractivity contribution in [1.82, 2.24) is 5.43 Å². The van der Waals surface area contributed by atoms with Crippen LogP contribution >= 0.6 is 11.8 Å². The first-order valence-corrected chi connectivity index (χ1v) is 6.90. The molecule has 21 heavy (non-hydrogen) atoms. The Morgan fingerprint density at radius 1 is 1.52 bits per heavy atom. The van der Waals surface area contributed by atoms with E-state index >= 15 is 0 Å². The fraction of sp³-hybridized carbons (Fsp3) is 0.231. The average molecular weight is 307 g/mol. The van der Waals surface area contributed by atoms with Gasteiger partial charge in [0.15, 0.2) is 0 Å². The minimum Gasteiger partial charge on any atom is -0.497 e. The number of aliphatic imine (C=N–C) groups is 1. The van der Waals surface area contributed by atoms with E-state index in [-0.39, 0.29) is 6.42 Å². The number of rotatable bonds is 4. The number of hydrazone groups is 1. The number of hydrogen-bond acceptors (Lipinski definition) is 6. The number of carboxylic acids is 1. The summed E-state index contributed by atoms with van der Waals surface area (Å²) in [4.78, 5) is 26.3. The van der Waals surface area contributed by atoms with Gasteiger partial charge < -0.3 is 9.84 Å². The second-order valence-corrected chi connectivity index (χ2v) is 5.28. The molecule has 1 aliphatic heterocycles. The second-order valence-electron chi connectivity index (χ2n) is 4.11. The molecule has 0 radical (unpaired) electrons. The third-order valence-electron chi connectivity index (χ3n) is 2.60. The van der Waals surface area contributed by atoms with Crippen molar-refractivity contribution in [2.75, 3.05) is 7.11 Å². The number of benzene rings is 1. The highest BCUT2D eigenvalue weighted by Crippen LogP contribution is 2.21. The van der Waals surface area contributed by atoms with Gasteiger partial charge >= 0.3 is 5.97 Å². The third-order valence-corrected chi connectivity index (χ3v) is 3.67. The lowest BCUT2D eigenvalue weighted by atomic mass is 10.2. The van der Waals surface area contributed by atoms with Crippen molar-refractivity contribution < 1.29 is 19.4 Å². The van der Waals surface area contributed by atoms with Crippen LogP contribution in [0.2, 0.25) is 0 Å². The molecule has 8 heteroatoms. The van der Waals surface area contributed by atoms with E-state index in [9.17, 15) is 9.59 Å². The molecule has 0 aliphatic carbocycles. The maximum Gasteiger partial charge on any atom is 0.305 e. The van der Waals surface area contributed by atoms with Gasteiger partial charge in [-0.3, -0.25) is 9.59 Å². The predicted molar refractivity (Wildman–Crippen MR) is 79.8 cm³/mol. The van der Waals surface area contributed by atoms with Crippen LogP contribution in [0.1, 0.15) is 12.0 Å². The van der Waals surface area contributed by atoms with Crippen LogP contribution in [0, 0.1) is 0 Å². The van der Waals surface area contributed by atoms with Crippen LogP contribution < -0.4 is 10.2 Å². The smallest absolute Gasteiger partial charge is 0.305 e. The summed E-state index contributed by atoms with van der Waals surface area (Å²) in [5.41, 5.74) is 3.11. The van der Waals surface area contributed by atoms with Crippen LogP contribution in [-0.4, -0.2) is 40.7 Å². The van der Waals surface area contributed by atoms with E-state index in [0.717, 1.165) is 23.1 Å². The second kappa shape index (κ2) is 6.89. The molecule has 0 unspecified atom stereocenters. The summed E-state index contributed by atoms with van der Waals surface area (Å²) in [6, 6.07) is 7.24. The molecule has 1 atom stereocenters. The molecule has 1 aromatic rings. The van der Waals surface area contributed by atoms with Gasteiger partial charge in [-0.2, -0.15) is 0 Å². The van der Waals surface area contributed by atoms with Crippen molar-refractivity contribution in [2.24, 2.45) is 10.1 Å². The van der Waals surface area contributed by atoms with Crippen LogP contribution in [-0.2, 0) is 9.59 Å². The number of nitrogens with one attached hydrogen (secondary N) is 1. The Labute approximate surface area is 125 Å². The summed E-state index contributed by atoms with van der Waals surface area (Å²) in [5, 5.41) is 12.1. The SMILES string of the molecule is COc1ccc(C=NC2=NNC(=O)[C@H](CC(=O)O)S2)cc1. The summed E-state index contributed by atoms with van der Waals surface area (Å²) in [6.07, 6.45) is 1.31. The van der Waals surface area contributed by atoms with Crippen LogP contribution in [0.4, 0.5) is 0 Å². The van der Waals surface area contributed by atoms with Gasteiger partial charge in [0.1, 0.15) is 11.0 Å². The minimum absolute atomic E-state index is 0.270. The molecule has 1 aromatic carbocycles. The van der Waals surface area contributed by atoms with Crippen LogP contribution in [0.25, 0.3) is 0 Å².